The molecule has 0 amide bonds. The molecule has 0 aliphatic heterocycles. The van der Waals surface area contributed by atoms with Crippen LogP contribution >= 0.6 is 0 Å². The second-order valence-corrected chi connectivity index (χ2v) is 7.08. The summed E-state index contributed by atoms with van der Waals surface area (Å²) in [5.74, 6) is 0. The zero-order chi connectivity index (χ0) is 13.9. The van der Waals surface area contributed by atoms with Gasteiger partial charge in [-0.1, -0.05) is 68.8 Å². The van der Waals surface area contributed by atoms with E-state index in [1.54, 1.807) is 5.57 Å². The van der Waals surface area contributed by atoms with E-state index in [4.69, 9.17) is 0 Å². The molecule has 0 nitrogen and oxygen atoms in total. The summed E-state index contributed by atoms with van der Waals surface area (Å²) in [5, 5.41) is 2.99. The summed E-state index contributed by atoms with van der Waals surface area (Å²) in [6, 6.07) is 9.26. The molecule has 0 atom stereocenters. The van der Waals surface area contributed by atoms with Gasteiger partial charge in [0.25, 0.3) is 0 Å². The number of rotatable bonds is 0. The summed E-state index contributed by atoms with van der Waals surface area (Å²) in [7, 11) is 0. The van der Waals surface area contributed by atoms with E-state index < -0.39 is 0 Å². The number of hydrogen-bond acceptors (Lipinski definition) is 0. The van der Waals surface area contributed by atoms with Crippen LogP contribution in [0.1, 0.15) is 43.0 Å². The Morgan fingerprint density at radius 3 is 2.35 bits per heavy atom. The first-order valence-electron chi connectivity index (χ1n) is 7.49. The van der Waals surface area contributed by atoms with Crippen molar-refractivity contribution in [1.82, 2.24) is 0 Å². The molecular weight excluding hydrogens is 240 g/mol. The number of benzene rings is 2. The molecule has 0 heterocycles. The van der Waals surface area contributed by atoms with Crippen LogP contribution in [0.2, 0.25) is 0 Å². The van der Waals surface area contributed by atoms with Crippen LogP contribution in [-0.2, 0) is 12.8 Å². The molecule has 0 radical (unpaired) electrons. The molecule has 2 aromatic carbocycles. The second kappa shape index (κ2) is 3.85. The number of hydrogen-bond donors (Lipinski definition) is 0. The lowest BCUT2D eigenvalue weighted by Crippen LogP contribution is -2.14. The van der Waals surface area contributed by atoms with Gasteiger partial charge in [-0.05, 0) is 51.3 Å². The Bertz CT molecular complexity index is 780. The van der Waals surface area contributed by atoms with Crippen molar-refractivity contribution < 1.29 is 0 Å². The van der Waals surface area contributed by atoms with E-state index in [0.717, 1.165) is 12.8 Å². The van der Waals surface area contributed by atoms with Crippen LogP contribution in [0.5, 0.6) is 0 Å². The summed E-state index contributed by atoms with van der Waals surface area (Å²) < 4.78 is 0. The fraction of sp³-hybridized carbons (Fsp3) is 0.300. The van der Waals surface area contributed by atoms with Gasteiger partial charge in [-0.15, -0.1) is 0 Å². The Hall–Kier alpha value is -1.82. The summed E-state index contributed by atoms with van der Waals surface area (Å²) >= 11 is 0. The zero-order valence-corrected chi connectivity index (χ0v) is 12.5. The molecule has 100 valence electrons. The molecular formula is C20H20. The van der Waals surface area contributed by atoms with Gasteiger partial charge in [0.2, 0.25) is 0 Å². The minimum atomic E-state index is 0.248. The Balaban J connectivity index is 2.07. The third kappa shape index (κ3) is 1.61. The second-order valence-electron chi connectivity index (χ2n) is 7.08. The summed E-state index contributed by atoms with van der Waals surface area (Å²) in [6.45, 7) is 6.95. The Labute approximate surface area is 120 Å². The van der Waals surface area contributed by atoms with Crippen LogP contribution in [0.25, 0.3) is 22.9 Å². The van der Waals surface area contributed by atoms with Gasteiger partial charge in [0.05, 0.1) is 0 Å². The summed E-state index contributed by atoms with van der Waals surface area (Å²) in [5.41, 5.74) is 7.57. The first-order chi connectivity index (χ1) is 9.54. The fourth-order valence-corrected chi connectivity index (χ4v) is 3.51. The van der Waals surface area contributed by atoms with Gasteiger partial charge < -0.3 is 0 Å². The highest BCUT2D eigenvalue weighted by Crippen LogP contribution is 2.41. The van der Waals surface area contributed by atoms with Crippen molar-refractivity contribution in [2.75, 3.05) is 0 Å². The van der Waals surface area contributed by atoms with Crippen LogP contribution in [0.3, 0.4) is 0 Å². The van der Waals surface area contributed by atoms with E-state index in [-0.39, 0.29) is 5.41 Å². The molecule has 0 aromatic heterocycles. The molecule has 20 heavy (non-hydrogen) atoms. The molecule has 0 saturated heterocycles. The molecule has 0 unspecified atom stereocenters. The van der Waals surface area contributed by atoms with Gasteiger partial charge in [-0.2, -0.15) is 0 Å². The molecule has 0 fully saturated rings. The molecule has 0 N–H and O–H groups in total. The van der Waals surface area contributed by atoms with Crippen molar-refractivity contribution in [3.05, 3.63) is 58.2 Å². The smallest absolute Gasteiger partial charge is 0.00521 e. The van der Waals surface area contributed by atoms with Crippen LogP contribution < -0.4 is 0 Å². The van der Waals surface area contributed by atoms with Crippen molar-refractivity contribution in [3.63, 3.8) is 0 Å². The van der Waals surface area contributed by atoms with E-state index in [0.29, 0.717) is 0 Å². The molecule has 0 bridgehead atoms. The van der Waals surface area contributed by atoms with Gasteiger partial charge in [-0.25, -0.2) is 0 Å². The monoisotopic (exact) mass is 260 g/mol. The van der Waals surface area contributed by atoms with Crippen LogP contribution in [-0.4, -0.2) is 0 Å². The van der Waals surface area contributed by atoms with Crippen molar-refractivity contribution in [2.45, 2.75) is 33.6 Å². The minimum absolute atomic E-state index is 0.248. The normalized spacial score (nSPS) is 16.4. The highest BCUT2D eigenvalue weighted by atomic mass is 14.3. The van der Waals surface area contributed by atoms with Crippen molar-refractivity contribution in [3.8, 4) is 0 Å². The lowest BCUT2D eigenvalue weighted by molar-refractivity contribution is 0.495. The standard InChI is InChI=1S/C20H20/c1-20(2,3)17-11-15-9-7-13-5-4-6-14-8-10-16(12-17)19(15)18(13)14/h4-5,7-10,12H,6,11H2,1-3H3. The van der Waals surface area contributed by atoms with Gasteiger partial charge in [0.1, 0.15) is 0 Å². The van der Waals surface area contributed by atoms with Crippen LogP contribution in [0.4, 0.5) is 0 Å². The van der Waals surface area contributed by atoms with Gasteiger partial charge >= 0.3 is 0 Å². The molecule has 0 saturated carbocycles. The van der Waals surface area contributed by atoms with Crippen molar-refractivity contribution in [2.24, 2.45) is 5.41 Å². The predicted octanol–water partition coefficient (Wildman–Crippen LogP) is 5.39. The molecule has 2 aliphatic carbocycles. The van der Waals surface area contributed by atoms with Crippen LogP contribution in [0.15, 0.2) is 35.9 Å². The minimum Gasteiger partial charge on any atom is -0.0795 e. The summed E-state index contributed by atoms with van der Waals surface area (Å²) in [4.78, 5) is 0. The average molecular weight is 260 g/mol. The Kier molecular flexibility index (Phi) is 2.30. The van der Waals surface area contributed by atoms with Crippen LogP contribution in [0, 0.1) is 5.41 Å². The van der Waals surface area contributed by atoms with E-state index in [1.807, 2.05) is 0 Å². The fourth-order valence-electron chi connectivity index (χ4n) is 3.51. The third-order valence-electron chi connectivity index (χ3n) is 4.71. The zero-order valence-electron chi connectivity index (χ0n) is 12.5. The lowest BCUT2D eigenvalue weighted by Gasteiger charge is -2.29. The van der Waals surface area contributed by atoms with E-state index in [9.17, 15) is 0 Å². The van der Waals surface area contributed by atoms with Gasteiger partial charge in [0, 0.05) is 0 Å². The van der Waals surface area contributed by atoms with Crippen molar-refractivity contribution >= 4 is 22.9 Å². The first-order valence-corrected chi connectivity index (χ1v) is 7.49. The maximum atomic E-state index is 2.42. The molecule has 0 spiro atoms. The maximum Gasteiger partial charge on any atom is -0.00521 e. The van der Waals surface area contributed by atoms with Gasteiger partial charge in [-0.3, -0.25) is 0 Å². The van der Waals surface area contributed by atoms with E-state index in [2.05, 4.69) is 63.3 Å². The predicted molar refractivity (Wildman–Crippen MR) is 87.8 cm³/mol. The average Bonchev–Trinajstić information content (AvgIpc) is 2.43. The Morgan fingerprint density at radius 2 is 1.55 bits per heavy atom. The SMILES string of the molecule is CC(C)(C)C1=Cc2ccc3c4c(ccc(c24)C1)C=CC3. The lowest BCUT2D eigenvalue weighted by atomic mass is 9.76. The highest BCUT2D eigenvalue weighted by Gasteiger charge is 2.24. The summed E-state index contributed by atoms with van der Waals surface area (Å²) in [6.07, 6.45) is 9.15. The first kappa shape index (κ1) is 12.0. The topological polar surface area (TPSA) is 0 Å². The van der Waals surface area contributed by atoms with E-state index in [1.165, 1.54) is 33.0 Å². The quantitative estimate of drug-likeness (QED) is 0.595. The molecule has 0 heteroatoms. The number of allylic oxidation sites excluding steroid dienone is 2. The molecule has 2 aromatic rings. The maximum absolute atomic E-state index is 2.42. The molecule has 2 aliphatic rings. The molecule has 4 rings (SSSR count). The van der Waals surface area contributed by atoms with E-state index >= 15 is 0 Å². The largest absolute Gasteiger partial charge is 0.0795 e. The van der Waals surface area contributed by atoms with Crippen molar-refractivity contribution in [1.29, 1.82) is 0 Å². The highest BCUT2D eigenvalue weighted by molar-refractivity contribution is 6.03. The third-order valence-corrected chi connectivity index (χ3v) is 4.71. The van der Waals surface area contributed by atoms with Gasteiger partial charge in [0.15, 0.2) is 0 Å². The Morgan fingerprint density at radius 1 is 0.850 bits per heavy atom.